The number of hydrogen-bond acceptors (Lipinski definition) is 2. The summed E-state index contributed by atoms with van der Waals surface area (Å²) in [6, 6.07) is 10.8. The van der Waals surface area contributed by atoms with E-state index in [9.17, 15) is 4.79 Å². The van der Waals surface area contributed by atoms with E-state index in [0.717, 1.165) is 19.4 Å². The quantitative estimate of drug-likeness (QED) is 0.801. The predicted octanol–water partition coefficient (Wildman–Crippen LogP) is 2.08. The van der Waals surface area contributed by atoms with Gasteiger partial charge in [0.15, 0.2) is 0 Å². The van der Waals surface area contributed by atoms with Gasteiger partial charge in [0.25, 0.3) is 0 Å². The lowest BCUT2D eigenvalue weighted by atomic mass is 10.1. The average Bonchev–Trinajstić information content (AvgIpc) is 2.42. The van der Waals surface area contributed by atoms with Crippen LogP contribution in [-0.2, 0) is 11.2 Å². The van der Waals surface area contributed by atoms with Crippen LogP contribution in [0.3, 0.4) is 0 Å². The molecule has 18 heavy (non-hydrogen) atoms. The molecule has 0 saturated heterocycles. The first kappa shape index (κ1) is 14.7. The fraction of sp³-hybridized carbons (Fsp3) is 0.533. The smallest absolute Gasteiger partial charge is 0.236 e. The molecule has 0 saturated carbocycles. The van der Waals surface area contributed by atoms with Crippen LogP contribution in [0.2, 0.25) is 0 Å². The Kier molecular flexibility index (Phi) is 6.44. The molecule has 3 heteroatoms. The Balaban J connectivity index is 2.22. The second kappa shape index (κ2) is 7.88. The molecular formula is C15H24N2O. The summed E-state index contributed by atoms with van der Waals surface area (Å²) in [6.07, 6.45) is 2.10. The summed E-state index contributed by atoms with van der Waals surface area (Å²) in [7, 11) is 1.83. The Bertz CT molecular complexity index is 351. The monoisotopic (exact) mass is 248 g/mol. The van der Waals surface area contributed by atoms with Gasteiger partial charge < -0.3 is 10.2 Å². The molecule has 1 aromatic rings. The molecule has 1 aromatic carbocycles. The van der Waals surface area contributed by atoms with Crippen LogP contribution in [0.15, 0.2) is 30.3 Å². The fourth-order valence-corrected chi connectivity index (χ4v) is 1.70. The lowest BCUT2D eigenvalue weighted by Crippen LogP contribution is -2.39. The number of hydrogen-bond donors (Lipinski definition) is 1. The molecule has 1 rings (SSSR count). The molecule has 0 heterocycles. The van der Waals surface area contributed by atoms with E-state index < -0.39 is 0 Å². The number of nitrogens with zero attached hydrogens (tertiary/aromatic N) is 1. The van der Waals surface area contributed by atoms with Crippen molar-refractivity contribution in [3.05, 3.63) is 35.9 Å². The summed E-state index contributed by atoms with van der Waals surface area (Å²) >= 11 is 0. The van der Waals surface area contributed by atoms with Crippen molar-refractivity contribution >= 4 is 5.91 Å². The van der Waals surface area contributed by atoms with E-state index in [1.165, 1.54) is 5.56 Å². The van der Waals surface area contributed by atoms with Gasteiger partial charge in [0, 0.05) is 19.6 Å². The van der Waals surface area contributed by atoms with Crippen LogP contribution in [0.4, 0.5) is 0 Å². The van der Waals surface area contributed by atoms with E-state index >= 15 is 0 Å². The third-order valence-corrected chi connectivity index (χ3v) is 3.21. The van der Waals surface area contributed by atoms with Crippen LogP contribution in [0, 0.1) is 0 Å². The van der Waals surface area contributed by atoms with Crippen molar-refractivity contribution in [3.8, 4) is 0 Å². The predicted molar refractivity (Wildman–Crippen MR) is 75.5 cm³/mol. The van der Waals surface area contributed by atoms with Crippen molar-refractivity contribution in [2.75, 3.05) is 20.1 Å². The summed E-state index contributed by atoms with van der Waals surface area (Å²) in [5.74, 6) is 0.157. The van der Waals surface area contributed by atoms with Gasteiger partial charge in [0.05, 0.1) is 6.54 Å². The fourth-order valence-electron chi connectivity index (χ4n) is 1.70. The van der Waals surface area contributed by atoms with Crippen LogP contribution < -0.4 is 5.32 Å². The highest BCUT2D eigenvalue weighted by molar-refractivity contribution is 5.77. The molecule has 0 fully saturated rings. The second-order valence-corrected chi connectivity index (χ2v) is 4.71. The summed E-state index contributed by atoms with van der Waals surface area (Å²) in [5, 5.41) is 3.28. The third kappa shape index (κ3) is 5.32. The van der Waals surface area contributed by atoms with Crippen LogP contribution in [0.1, 0.15) is 25.8 Å². The summed E-state index contributed by atoms with van der Waals surface area (Å²) in [5.41, 5.74) is 1.35. The minimum absolute atomic E-state index is 0.157. The van der Waals surface area contributed by atoms with Crippen molar-refractivity contribution in [3.63, 3.8) is 0 Å². The zero-order valence-corrected chi connectivity index (χ0v) is 11.6. The molecule has 0 aliphatic carbocycles. The molecule has 0 aliphatic rings. The molecule has 100 valence electrons. The van der Waals surface area contributed by atoms with Gasteiger partial charge in [-0.15, -0.1) is 0 Å². The third-order valence-electron chi connectivity index (χ3n) is 3.21. The highest BCUT2D eigenvalue weighted by Gasteiger charge is 2.08. The van der Waals surface area contributed by atoms with Crippen LogP contribution in [-0.4, -0.2) is 37.0 Å². The topological polar surface area (TPSA) is 32.3 Å². The Morgan fingerprint density at radius 3 is 2.61 bits per heavy atom. The van der Waals surface area contributed by atoms with Gasteiger partial charge in [-0.05, 0) is 32.3 Å². The normalized spacial score (nSPS) is 12.2. The Labute approximate surface area is 110 Å². The number of benzene rings is 1. The van der Waals surface area contributed by atoms with Gasteiger partial charge in [0.1, 0.15) is 0 Å². The van der Waals surface area contributed by atoms with E-state index in [1.54, 1.807) is 4.90 Å². The van der Waals surface area contributed by atoms with Gasteiger partial charge in [-0.2, -0.15) is 0 Å². The summed E-state index contributed by atoms with van der Waals surface area (Å²) < 4.78 is 0. The van der Waals surface area contributed by atoms with Crippen molar-refractivity contribution in [2.24, 2.45) is 0 Å². The highest BCUT2D eigenvalue weighted by atomic mass is 16.2. The number of carbonyl (C=O) groups excluding carboxylic acids is 1. The molecule has 0 spiro atoms. The molecular weight excluding hydrogens is 224 g/mol. The maximum atomic E-state index is 11.6. The molecule has 0 bridgehead atoms. The number of rotatable bonds is 7. The first-order chi connectivity index (χ1) is 8.63. The minimum Gasteiger partial charge on any atom is -0.345 e. The van der Waals surface area contributed by atoms with E-state index in [2.05, 4.69) is 36.5 Å². The second-order valence-electron chi connectivity index (χ2n) is 4.71. The van der Waals surface area contributed by atoms with E-state index in [4.69, 9.17) is 0 Å². The standard InChI is InChI=1S/C15H24N2O/c1-4-17(3)15(18)12-16-13(2)10-11-14-8-6-5-7-9-14/h5-9,13,16H,4,10-12H2,1-3H3. The van der Waals surface area contributed by atoms with Crippen molar-refractivity contribution in [1.82, 2.24) is 10.2 Å². The summed E-state index contributed by atoms with van der Waals surface area (Å²) in [4.78, 5) is 13.3. The van der Waals surface area contributed by atoms with Gasteiger partial charge in [-0.25, -0.2) is 0 Å². The molecule has 0 aliphatic heterocycles. The molecule has 0 radical (unpaired) electrons. The van der Waals surface area contributed by atoms with Crippen molar-refractivity contribution < 1.29 is 4.79 Å². The maximum Gasteiger partial charge on any atom is 0.236 e. The summed E-state index contributed by atoms with van der Waals surface area (Å²) in [6.45, 7) is 5.30. The zero-order chi connectivity index (χ0) is 13.4. The van der Waals surface area contributed by atoms with Crippen LogP contribution in [0.5, 0.6) is 0 Å². The van der Waals surface area contributed by atoms with Crippen LogP contribution in [0.25, 0.3) is 0 Å². The number of amides is 1. The molecule has 3 nitrogen and oxygen atoms in total. The highest BCUT2D eigenvalue weighted by Crippen LogP contribution is 2.04. The average molecular weight is 248 g/mol. The Hall–Kier alpha value is -1.35. The van der Waals surface area contributed by atoms with E-state index in [1.807, 2.05) is 20.0 Å². The molecule has 1 N–H and O–H groups in total. The molecule has 0 aromatic heterocycles. The first-order valence-corrected chi connectivity index (χ1v) is 6.64. The number of nitrogens with one attached hydrogen (secondary N) is 1. The first-order valence-electron chi connectivity index (χ1n) is 6.64. The number of carbonyl (C=O) groups is 1. The number of likely N-dealkylation sites (N-methyl/N-ethyl adjacent to an activating group) is 1. The molecule has 1 amide bonds. The number of aryl methyl sites for hydroxylation is 1. The van der Waals surface area contributed by atoms with Gasteiger partial charge in [-0.3, -0.25) is 4.79 Å². The Morgan fingerprint density at radius 1 is 1.33 bits per heavy atom. The maximum absolute atomic E-state index is 11.6. The van der Waals surface area contributed by atoms with Gasteiger partial charge in [0.2, 0.25) is 5.91 Å². The van der Waals surface area contributed by atoms with Crippen molar-refractivity contribution in [2.45, 2.75) is 32.7 Å². The van der Waals surface area contributed by atoms with Gasteiger partial charge in [-0.1, -0.05) is 30.3 Å². The van der Waals surface area contributed by atoms with Crippen molar-refractivity contribution in [1.29, 1.82) is 0 Å². The lowest BCUT2D eigenvalue weighted by Gasteiger charge is -2.18. The largest absolute Gasteiger partial charge is 0.345 e. The lowest BCUT2D eigenvalue weighted by molar-refractivity contribution is -0.128. The SMILES string of the molecule is CCN(C)C(=O)CNC(C)CCc1ccccc1. The van der Waals surface area contributed by atoms with E-state index in [0.29, 0.717) is 12.6 Å². The molecule has 1 unspecified atom stereocenters. The Morgan fingerprint density at radius 2 is 2.00 bits per heavy atom. The zero-order valence-electron chi connectivity index (χ0n) is 11.6. The van der Waals surface area contributed by atoms with Gasteiger partial charge >= 0.3 is 0 Å². The van der Waals surface area contributed by atoms with Crippen LogP contribution >= 0.6 is 0 Å². The minimum atomic E-state index is 0.157. The van der Waals surface area contributed by atoms with E-state index in [-0.39, 0.29) is 5.91 Å². The molecule has 1 atom stereocenters.